The maximum absolute atomic E-state index is 12.9. The molecule has 39 heavy (non-hydrogen) atoms. The Morgan fingerprint density at radius 2 is 1.64 bits per heavy atom. The van der Waals surface area contributed by atoms with Gasteiger partial charge >= 0.3 is 10.9 Å². The summed E-state index contributed by atoms with van der Waals surface area (Å²) in [5.41, 5.74) is 2.62. The minimum absolute atomic E-state index is 0.0697. The monoisotopic (exact) mass is 579 g/mol. The molecule has 1 amide bonds. The topological polar surface area (TPSA) is 95.3 Å². The number of methoxy groups -OCH3 is 2. The Hall–Kier alpha value is -3.93. The van der Waals surface area contributed by atoms with Crippen molar-refractivity contribution in [2.75, 3.05) is 20.8 Å². The van der Waals surface area contributed by atoms with Crippen molar-refractivity contribution < 1.29 is 28.2 Å². The third kappa shape index (κ3) is 5.90. The summed E-state index contributed by atoms with van der Waals surface area (Å²) in [5, 5.41) is 0. The Bertz CT molecular complexity index is 1650. The van der Waals surface area contributed by atoms with Gasteiger partial charge in [0.25, 0.3) is 5.91 Å². The zero-order valence-corrected chi connectivity index (χ0v) is 23.2. The van der Waals surface area contributed by atoms with Gasteiger partial charge in [0.05, 0.1) is 30.2 Å². The second-order valence-electron chi connectivity index (χ2n) is 8.31. The van der Waals surface area contributed by atoms with E-state index in [0.29, 0.717) is 30.8 Å². The van der Waals surface area contributed by atoms with Gasteiger partial charge in [0.2, 0.25) is 0 Å². The molecule has 4 aromatic rings. The molecule has 0 unspecified atom stereocenters. The van der Waals surface area contributed by atoms with E-state index in [9.17, 15) is 14.4 Å². The van der Waals surface area contributed by atoms with Crippen LogP contribution in [0, 0.1) is 0 Å². The molecular formula is C28H21NO7S3. The normalized spacial score (nSPS) is 14.3. The average molecular weight is 580 g/mol. The van der Waals surface area contributed by atoms with Crippen LogP contribution in [0.1, 0.15) is 12.0 Å². The predicted molar refractivity (Wildman–Crippen MR) is 155 cm³/mol. The molecule has 0 radical (unpaired) electrons. The quantitative estimate of drug-likeness (QED) is 0.112. The third-order valence-electron chi connectivity index (χ3n) is 5.87. The highest BCUT2D eigenvalue weighted by atomic mass is 32.2. The van der Waals surface area contributed by atoms with Crippen LogP contribution < -0.4 is 19.1 Å². The third-order valence-corrected chi connectivity index (χ3v) is 8.02. The van der Waals surface area contributed by atoms with Crippen molar-refractivity contribution in [3.63, 3.8) is 0 Å². The molecule has 1 aliphatic heterocycles. The molecule has 198 valence electrons. The van der Waals surface area contributed by atoms with E-state index in [1.807, 2.05) is 36.4 Å². The number of hydrogen-bond acceptors (Lipinski definition) is 10. The van der Waals surface area contributed by atoms with Crippen LogP contribution in [0.25, 0.3) is 27.5 Å². The van der Waals surface area contributed by atoms with Crippen molar-refractivity contribution in [3.05, 3.63) is 80.9 Å². The Kier molecular flexibility index (Phi) is 7.82. The van der Waals surface area contributed by atoms with Crippen molar-refractivity contribution in [2.24, 2.45) is 0 Å². The van der Waals surface area contributed by atoms with Crippen molar-refractivity contribution in [1.82, 2.24) is 4.90 Å². The lowest BCUT2D eigenvalue weighted by molar-refractivity contribution is -0.134. The number of hydrogen-bond donors (Lipinski definition) is 0. The lowest BCUT2D eigenvalue weighted by Gasteiger charge is -2.14. The first-order chi connectivity index (χ1) is 18.8. The SMILES string of the molecule is COc1ccc(/C=C2\SC(=S)N(CCC(=O)Oc3cc(-c4ccc(OC)cc4)c4oc(=O)sc4c3)C2=O)cc1. The molecule has 11 heteroatoms. The molecule has 3 aromatic carbocycles. The second-order valence-corrected chi connectivity index (χ2v) is 11.0. The molecule has 1 fully saturated rings. The summed E-state index contributed by atoms with van der Waals surface area (Å²) in [5.74, 6) is 0.855. The summed E-state index contributed by atoms with van der Waals surface area (Å²) in [4.78, 5) is 39.0. The molecule has 5 rings (SSSR count). The number of rotatable bonds is 8. The van der Waals surface area contributed by atoms with Gasteiger partial charge in [0, 0.05) is 18.2 Å². The van der Waals surface area contributed by atoms with Crippen LogP contribution in [0.3, 0.4) is 0 Å². The van der Waals surface area contributed by atoms with Crippen LogP contribution in [0.5, 0.6) is 17.2 Å². The summed E-state index contributed by atoms with van der Waals surface area (Å²) < 4.78 is 22.3. The molecule has 1 aliphatic rings. The van der Waals surface area contributed by atoms with Crippen LogP contribution in [0.15, 0.2) is 74.8 Å². The van der Waals surface area contributed by atoms with Gasteiger partial charge in [0.1, 0.15) is 21.6 Å². The van der Waals surface area contributed by atoms with Gasteiger partial charge < -0.3 is 18.6 Å². The summed E-state index contributed by atoms with van der Waals surface area (Å²) in [6.45, 7) is 0.0794. The summed E-state index contributed by atoms with van der Waals surface area (Å²) in [7, 11) is 3.16. The Morgan fingerprint density at radius 3 is 2.31 bits per heavy atom. The number of amides is 1. The Morgan fingerprint density at radius 1 is 0.974 bits per heavy atom. The number of carbonyl (C=O) groups is 2. The molecule has 0 saturated carbocycles. The molecule has 1 aromatic heterocycles. The largest absolute Gasteiger partial charge is 0.497 e. The first-order valence-electron chi connectivity index (χ1n) is 11.7. The standard InChI is InChI=1S/C28H21NO7S3/c1-33-18-7-3-16(4-8-18)13-23-26(31)29(27(37)38-23)12-11-24(30)35-20-14-21(17-5-9-19(34-2)10-6-17)25-22(15-20)39-28(32)36-25/h3-10,13-15H,11-12H2,1-2H3/b23-13-. The molecule has 0 spiro atoms. The van der Waals surface area contributed by atoms with Crippen LogP contribution in [0.4, 0.5) is 0 Å². The van der Waals surface area contributed by atoms with Crippen LogP contribution >= 0.6 is 35.3 Å². The zero-order chi connectivity index (χ0) is 27.5. The van der Waals surface area contributed by atoms with Gasteiger partial charge in [-0.05, 0) is 47.5 Å². The smallest absolute Gasteiger partial charge is 0.396 e. The fourth-order valence-electron chi connectivity index (χ4n) is 3.93. The summed E-state index contributed by atoms with van der Waals surface area (Å²) in [6.07, 6.45) is 1.68. The molecule has 0 bridgehead atoms. The van der Waals surface area contributed by atoms with E-state index in [2.05, 4.69) is 0 Å². The van der Waals surface area contributed by atoms with Crippen LogP contribution in [-0.4, -0.2) is 41.9 Å². The van der Waals surface area contributed by atoms with Gasteiger partial charge in [-0.2, -0.15) is 0 Å². The van der Waals surface area contributed by atoms with Crippen LogP contribution in [-0.2, 0) is 9.59 Å². The van der Waals surface area contributed by atoms with Crippen molar-refractivity contribution in [1.29, 1.82) is 0 Å². The Labute approximate surface area is 236 Å². The number of nitrogens with zero attached hydrogens (tertiary/aromatic N) is 1. The zero-order valence-electron chi connectivity index (χ0n) is 20.8. The maximum Gasteiger partial charge on any atom is 0.396 e. The number of benzene rings is 3. The van der Waals surface area contributed by atoms with Crippen molar-refractivity contribution in [2.45, 2.75) is 6.42 Å². The molecule has 2 heterocycles. The Balaban J connectivity index is 1.28. The average Bonchev–Trinajstić information content (AvgIpc) is 3.44. The van der Waals surface area contributed by atoms with Gasteiger partial charge in [0.15, 0.2) is 5.58 Å². The first kappa shape index (κ1) is 26.7. The summed E-state index contributed by atoms with van der Waals surface area (Å²) in [6, 6.07) is 17.8. The number of carbonyl (C=O) groups excluding carboxylic acids is 2. The maximum atomic E-state index is 12.9. The fourth-order valence-corrected chi connectivity index (χ4v) is 5.96. The van der Waals surface area contributed by atoms with Crippen molar-refractivity contribution in [3.8, 4) is 28.4 Å². The number of thiocarbonyl (C=S) groups is 1. The number of thioether (sulfide) groups is 1. The fraction of sp³-hybridized carbons (Fsp3) is 0.143. The van der Waals surface area contributed by atoms with E-state index < -0.39 is 10.9 Å². The highest BCUT2D eigenvalue weighted by Gasteiger charge is 2.32. The van der Waals surface area contributed by atoms with E-state index in [0.717, 1.165) is 28.2 Å². The minimum Gasteiger partial charge on any atom is -0.497 e. The molecule has 0 aliphatic carbocycles. The number of fused-ring (bicyclic) bond motifs is 1. The summed E-state index contributed by atoms with van der Waals surface area (Å²) >= 11 is 7.49. The van der Waals surface area contributed by atoms with E-state index in [1.165, 1.54) is 16.7 Å². The van der Waals surface area contributed by atoms with E-state index in [1.54, 1.807) is 44.6 Å². The van der Waals surface area contributed by atoms with Crippen LogP contribution in [0.2, 0.25) is 0 Å². The van der Waals surface area contributed by atoms with E-state index in [-0.39, 0.29) is 24.6 Å². The van der Waals surface area contributed by atoms with Gasteiger partial charge in [-0.1, -0.05) is 59.6 Å². The van der Waals surface area contributed by atoms with E-state index in [4.69, 9.17) is 30.8 Å². The van der Waals surface area contributed by atoms with Gasteiger partial charge in [-0.25, -0.2) is 4.79 Å². The first-order valence-corrected chi connectivity index (χ1v) is 13.7. The highest BCUT2D eigenvalue weighted by molar-refractivity contribution is 8.26. The number of esters is 1. The molecule has 8 nitrogen and oxygen atoms in total. The molecule has 0 N–H and O–H groups in total. The second kappa shape index (κ2) is 11.4. The van der Waals surface area contributed by atoms with Gasteiger partial charge in [-0.3, -0.25) is 14.5 Å². The van der Waals surface area contributed by atoms with Gasteiger partial charge in [-0.15, -0.1) is 0 Å². The van der Waals surface area contributed by atoms with Crippen molar-refractivity contribution >= 4 is 67.9 Å². The number of ether oxygens (including phenoxy) is 3. The predicted octanol–water partition coefficient (Wildman–Crippen LogP) is 5.74. The lowest BCUT2D eigenvalue weighted by Crippen LogP contribution is -2.31. The minimum atomic E-state index is -0.543. The molecular weight excluding hydrogens is 559 g/mol. The molecule has 0 atom stereocenters. The lowest BCUT2D eigenvalue weighted by atomic mass is 10.0. The van der Waals surface area contributed by atoms with E-state index >= 15 is 0 Å². The highest BCUT2D eigenvalue weighted by Crippen LogP contribution is 2.36. The molecule has 1 saturated heterocycles.